The van der Waals surface area contributed by atoms with E-state index in [0.717, 1.165) is 111 Å². The van der Waals surface area contributed by atoms with E-state index in [9.17, 15) is 0 Å². The fraction of sp³-hybridized carbons (Fsp3) is 0. The lowest BCUT2D eigenvalue weighted by Crippen LogP contribution is -2.09. The van der Waals surface area contributed by atoms with E-state index in [4.69, 9.17) is 8.83 Å². The van der Waals surface area contributed by atoms with Crippen molar-refractivity contribution in [2.45, 2.75) is 0 Å². The van der Waals surface area contributed by atoms with Crippen LogP contribution in [0.1, 0.15) is 0 Å². The van der Waals surface area contributed by atoms with Gasteiger partial charge in [0.05, 0.1) is 11.0 Å². The lowest BCUT2D eigenvalue weighted by molar-refractivity contribution is 0.669. The van der Waals surface area contributed by atoms with Crippen LogP contribution in [0.2, 0.25) is 0 Å². The Morgan fingerprint density at radius 2 is 0.757 bits per heavy atom. The van der Waals surface area contributed by atoms with Gasteiger partial charge in [-0.2, -0.15) is 0 Å². The van der Waals surface area contributed by atoms with Crippen LogP contribution < -0.4 is 4.90 Å². The zero-order chi connectivity index (χ0) is 46.1. The molecule has 0 aliphatic heterocycles. The van der Waals surface area contributed by atoms with Crippen LogP contribution in [0.3, 0.4) is 0 Å². The summed E-state index contributed by atoms with van der Waals surface area (Å²) in [6.45, 7) is 0. The minimum Gasteiger partial charge on any atom is -0.456 e. The maximum absolute atomic E-state index is 6.46. The molecule has 0 saturated heterocycles. The molecule has 0 fully saturated rings. The molecule has 0 saturated carbocycles. The largest absolute Gasteiger partial charge is 0.456 e. The number of hydrogen-bond acceptors (Lipinski definition) is 3. The normalized spacial score (nSPS) is 11.7. The summed E-state index contributed by atoms with van der Waals surface area (Å²) in [5.41, 5.74) is 19.4. The molecule has 14 aromatic rings. The second-order valence-corrected chi connectivity index (χ2v) is 18.0. The summed E-state index contributed by atoms with van der Waals surface area (Å²) in [6.07, 6.45) is 0. The molecular formula is C66H42N2O2. The monoisotopic (exact) mass is 894 g/mol. The van der Waals surface area contributed by atoms with Gasteiger partial charge in [-0.05, 0) is 124 Å². The van der Waals surface area contributed by atoms with E-state index in [1.54, 1.807) is 0 Å². The first-order valence-corrected chi connectivity index (χ1v) is 23.8. The summed E-state index contributed by atoms with van der Waals surface area (Å²) >= 11 is 0. The van der Waals surface area contributed by atoms with Gasteiger partial charge in [0.2, 0.25) is 0 Å². The zero-order valence-electron chi connectivity index (χ0n) is 38.0. The smallest absolute Gasteiger partial charge is 0.143 e. The Morgan fingerprint density at radius 3 is 1.43 bits per heavy atom. The molecule has 14 rings (SSSR count). The van der Waals surface area contributed by atoms with Gasteiger partial charge in [0, 0.05) is 60.6 Å². The molecule has 3 heterocycles. The number of nitrogens with zero attached hydrogens (tertiary/aromatic N) is 2. The number of rotatable bonds is 8. The van der Waals surface area contributed by atoms with Crippen LogP contribution in [0, 0.1) is 0 Å². The van der Waals surface area contributed by atoms with E-state index in [0.29, 0.717) is 0 Å². The third-order valence-corrected chi connectivity index (χ3v) is 14.0. The molecule has 3 aromatic heterocycles. The molecule has 0 aliphatic rings. The number of fused-ring (bicyclic) bond motifs is 9. The van der Waals surface area contributed by atoms with Crippen molar-refractivity contribution in [1.29, 1.82) is 0 Å². The number of para-hydroxylation sites is 5. The van der Waals surface area contributed by atoms with E-state index >= 15 is 0 Å². The number of hydrogen-bond donors (Lipinski definition) is 0. The van der Waals surface area contributed by atoms with E-state index in [2.05, 4.69) is 240 Å². The topological polar surface area (TPSA) is 34.5 Å². The first-order valence-electron chi connectivity index (χ1n) is 23.8. The van der Waals surface area contributed by atoms with Gasteiger partial charge in [0.15, 0.2) is 0 Å². The summed E-state index contributed by atoms with van der Waals surface area (Å²) in [5, 5.41) is 7.03. The summed E-state index contributed by atoms with van der Waals surface area (Å²) in [6, 6.07) is 91.1. The molecule has 0 radical (unpaired) electrons. The Morgan fingerprint density at radius 1 is 0.286 bits per heavy atom. The van der Waals surface area contributed by atoms with Gasteiger partial charge in [-0.25, -0.2) is 0 Å². The van der Waals surface area contributed by atoms with Gasteiger partial charge in [0.1, 0.15) is 22.3 Å². The second kappa shape index (κ2) is 16.2. The first-order chi connectivity index (χ1) is 34.7. The molecule has 4 heteroatoms. The fourth-order valence-electron chi connectivity index (χ4n) is 10.7. The third kappa shape index (κ3) is 6.53. The minimum absolute atomic E-state index is 0.897. The summed E-state index contributed by atoms with van der Waals surface area (Å²) in [4.78, 5) is 2.34. The summed E-state index contributed by atoms with van der Waals surface area (Å²) in [5.74, 6) is 0. The lowest BCUT2D eigenvalue weighted by atomic mass is 9.96. The first kappa shape index (κ1) is 39.8. The van der Waals surface area contributed by atoms with Gasteiger partial charge in [-0.15, -0.1) is 0 Å². The molecule has 0 unspecified atom stereocenters. The average molecular weight is 895 g/mol. The Hall–Kier alpha value is -9.38. The predicted molar refractivity (Wildman–Crippen MR) is 292 cm³/mol. The Bertz CT molecular complexity index is 4230. The third-order valence-electron chi connectivity index (χ3n) is 14.0. The van der Waals surface area contributed by atoms with E-state index < -0.39 is 0 Å². The van der Waals surface area contributed by atoms with E-state index in [-0.39, 0.29) is 0 Å². The fourth-order valence-corrected chi connectivity index (χ4v) is 10.7. The molecular weight excluding hydrogens is 853 g/mol. The van der Waals surface area contributed by atoms with Crippen molar-refractivity contribution < 1.29 is 8.83 Å². The zero-order valence-corrected chi connectivity index (χ0v) is 38.0. The maximum Gasteiger partial charge on any atom is 0.143 e. The molecule has 0 bridgehead atoms. The van der Waals surface area contributed by atoms with Crippen LogP contribution in [0.4, 0.5) is 17.1 Å². The van der Waals surface area contributed by atoms with Crippen molar-refractivity contribution in [1.82, 2.24) is 4.57 Å². The van der Waals surface area contributed by atoms with Crippen LogP contribution >= 0.6 is 0 Å². The molecule has 0 spiro atoms. The van der Waals surface area contributed by atoms with Crippen LogP contribution in [0.5, 0.6) is 0 Å². The van der Waals surface area contributed by atoms with Crippen LogP contribution in [0.25, 0.3) is 116 Å². The van der Waals surface area contributed by atoms with Gasteiger partial charge in [-0.1, -0.05) is 170 Å². The van der Waals surface area contributed by atoms with Crippen LogP contribution in [0.15, 0.2) is 264 Å². The van der Waals surface area contributed by atoms with Crippen molar-refractivity contribution in [2.75, 3.05) is 4.90 Å². The molecule has 0 aliphatic carbocycles. The van der Waals surface area contributed by atoms with E-state index in [1.807, 2.05) is 24.3 Å². The van der Waals surface area contributed by atoms with Crippen molar-refractivity contribution in [2.24, 2.45) is 0 Å². The summed E-state index contributed by atoms with van der Waals surface area (Å²) in [7, 11) is 0. The van der Waals surface area contributed by atoms with Crippen molar-refractivity contribution >= 4 is 82.7 Å². The van der Waals surface area contributed by atoms with Gasteiger partial charge >= 0.3 is 0 Å². The number of benzene rings is 11. The molecule has 4 nitrogen and oxygen atoms in total. The molecule has 0 atom stereocenters. The highest BCUT2D eigenvalue weighted by molar-refractivity contribution is 6.13. The minimum atomic E-state index is 0.897. The second-order valence-electron chi connectivity index (χ2n) is 18.0. The number of aromatic nitrogens is 1. The number of anilines is 3. The van der Waals surface area contributed by atoms with Crippen molar-refractivity contribution in [3.8, 4) is 50.2 Å². The Labute approximate surface area is 404 Å². The predicted octanol–water partition coefficient (Wildman–Crippen LogP) is 18.7. The molecule has 11 aromatic carbocycles. The SMILES string of the molecule is c1cc(-c2ccc(N(c3ccc(-c4cccc(-n5c6ccccc6c6ccccc65)c4)cc3)c3ccc(-c4cccc5c4oc4ccccc45)cc3)cc2)cc(-c2cccc3oc4ccccc4c23)c1. The van der Waals surface area contributed by atoms with Crippen LogP contribution in [-0.4, -0.2) is 4.57 Å². The van der Waals surface area contributed by atoms with Crippen LogP contribution in [-0.2, 0) is 0 Å². The lowest BCUT2D eigenvalue weighted by Gasteiger charge is -2.26. The van der Waals surface area contributed by atoms with Gasteiger partial charge in [-0.3, -0.25) is 0 Å². The molecule has 70 heavy (non-hydrogen) atoms. The highest BCUT2D eigenvalue weighted by Crippen LogP contribution is 2.42. The molecule has 328 valence electrons. The van der Waals surface area contributed by atoms with Gasteiger partial charge < -0.3 is 18.3 Å². The average Bonchev–Trinajstić information content (AvgIpc) is 4.12. The number of furan rings is 2. The maximum atomic E-state index is 6.46. The van der Waals surface area contributed by atoms with Gasteiger partial charge in [0.25, 0.3) is 0 Å². The Kier molecular flexibility index (Phi) is 9.17. The quantitative estimate of drug-likeness (QED) is 0.152. The standard InChI is InChI=1S/C66H42N2O2/c1-5-24-60-55(17-1)56-18-2-6-25-61(56)68(60)52-16-10-14-47(42-52)44-31-37-50(38-32-44)67(51-39-33-45(34-40-51)54-22-11-23-58-57-19-3-7-26-62(57)70-66(54)58)49-35-29-43(30-36-49)46-13-9-15-48(41-46)53-21-12-28-64-65(53)59-20-4-8-27-63(59)69-64/h1-42H. The molecule has 0 N–H and O–H groups in total. The van der Waals surface area contributed by atoms with Crippen molar-refractivity contribution in [3.63, 3.8) is 0 Å². The Balaban J connectivity index is 0.838. The highest BCUT2D eigenvalue weighted by Gasteiger charge is 2.18. The van der Waals surface area contributed by atoms with Crippen molar-refractivity contribution in [3.05, 3.63) is 255 Å². The highest BCUT2D eigenvalue weighted by atomic mass is 16.3. The van der Waals surface area contributed by atoms with E-state index in [1.165, 1.54) is 21.8 Å². The summed E-state index contributed by atoms with van der Waals surface area (Å²) < 4.78 is 15.1. The molecule has 0 amide bonds.